The van der Waals surface area contributed by atoms with Crippen LogP contribution < -0.4 is 16.4 Å². The number of aliphatic hydroxyl groups excluding tert-OH is 1. The zero-order chi connectivity index (χ0) is 18.6. The van der Waals surface area contributed by atoms with E-state index in [4.69, 9.17) is 10.5 Å². The molecular formula is C18H29N5O3. The molecule has 0 atom stereocenters. The van der Waals surface area contributed by atoms with Gasteiger partial charge in [-0.1, -0.05) is 12.8 Å². The number of aromatic nitrogens is 2. The van der Waals surface area contributed by atoms with Crippen LogP contribution >= 0.6 is 0 Å². The second kappa shape index (κ2) is 8.18. The number of nitrogens with one attached hydrogen (secondary N) is 2. The van der Waals surface area contributed by atoms with Gasteiger partial charge in [0.15, 0.2) is 0 Å². The van der Waals surface area contributed by atoms with E-state index in [0.29, 0.717) is 17.9 Å². The summed E-state index contributed by atoms with van der Waals surface area (Å²) in [5, 5.41) is 16.5. The van der Waals surface area contributed by atoms with E-state index in [9.17, 15) is 9.90 Å². The highest BCUT2D eigenvalue weighted by Gasteiger charge is 2.34. The monoisotopic (exact) mass is 363 g/mol. The molecule has 8 heteroatoms. The van der Waals surface area contributed by atoms with Crippen LogP contribution in [0, 0.1) is 0 Å². The van der Waals surface area contributed by atoms with Crippen molar-refractivity contribution in [1.82, 2.24) is 9.97 Å². The Balaban J connectivity index is 1.75. The van der Waals surface area contributed by atoms with Crippen LogP contribution in [-0.4, -0.2) is 52.4 Å². The van der Waals surface area contributed by atoms with Crippen LogP contribution in [0.15, 0.2) is 6.20 Å². The quantitative estimate of drug-likeness (QED) is 0.581. The van der Waals surface area contributed by atoms with Crippen molar-refractivity contribution in [3.63, 3.8) is 0 Å². The molecule has 2 aliphatic rings. The number of anilines is 2. The first-order valence-electron chi connectivity index (χ1n) is 9.40. The van der Waals surface area contributed by atoms with Crippen molar-refractivity contribution in [1.29, 1.82) is 0 Å². The van der Waals surface area contributed by atoms with E-state index in [2.05, 4.69) is 20.6 Å². The van der Waals surface area contributed by atoms with E-state index in [1.54, 1.807) is 7.11 Å². The minimum absolute atomic E-state index is 0.000994. The van der Waals surface area contributed by atoms with Gasteiger partial charge in [0.25, 0.3) is 5.91 Å². The molecule has 0 spiro atoms. The highest BCUT2D eigenvalue weighted by molar-refractivity contribution is 5.97. The molecule has 5 N–H and O–H groups in total. The normalized spacial score (nSPS) is 25.0. The van der Waals surface area contributed by atoms with Gasteiger partial charge >= 0.3 is 0 Å². The second-order valence-electron chi connectivity index (χ2n) is 7.44. The molecule has 1 amide bonds. The molecule has 0 aliphatic heterocycles. The highest BCUT2D eigenvalue weighted by atomic mass is 16.5. The van der Waals surface area contributed by atoms with E-state index in [0.717, 1.165) is 51.4 Å². The number of carbonyl (C=O) groups excluding carboxylic acids is 1. The number of rotatable bonds is 7. The molecule has 1 heterocycles. The highest BCUT2D eigenvalue weighted by Crippen LogP contribution is 2.33. The molecule has 0 saturated heterocycles. The van der Waals surface area contributed by atoms with Crippen molar-refractivity contribution < 1.29 is 14.6 Å². The summed E-state index contributed by atoms with van der Waals surface area (Å²) in [5.74, 6) is 0.298. The maximum atomic E-state index is 11.8. The third-order valence-electron chi connectivity index (χ3n) is 5.64. The molecule has 3 rings (SSSR count). The standard InChI is InChI=1S/C18H29N5O3/c1-26-13-6-4-12(5-7-13)21-17-20-10-14(15(19)25)16(22-17)23-18(11-24)8-2-3-9-18/h10,12-13,24H,2-9,11H2,1H3,(H2,19,25)(H2,20,21,22,23). The summed E-state index contributed by atoms with van der Waals surface area (Å²) in [6.07, 6.45) is 9.54. The molecule has 0 bridgehead atoms. The Morgan fingerprint density at radius 3 is 2.62 bits per heavy atom. The summed E-state index contributed by atoms with van der Waals surface area (Å²) in [6.45, 7) is -0.000994. The number of amides is 1. The molecule has 8 nitrogen and oxygen atoms in total. The predicted molar refractivity (Wildman–Crippen MR) is 99.1 cm³/mol. The average Bonchev–Trinajstić information content (AvgIpc) is 3.11. The molecule has 1 aromatic heterocycles. The van der Waals surface area contributed by atoms with Gasteiger partial charge in [-0.05, 0) is 38.5 Å². The Kier molecular flexibility index (Phi) is 5.93. The summed E-state index contributed by atoms with van der Waals surface area (Å²) in [6, 6.07) is 0.284. The van der Waals surface area contributed by atoms with Crippen LogP contribution in [-0.2, 0) is 4.74 Å². The number of primary amides is 1. The molecule has 0 unspecified atom stereocenters. The number of hydrogen-bond donors (Lipinski definition) is 4. The van der Waals surface area contributed by atoms with E-state index in [1.807, 2.05) is 0 Å². The molecule has 2 fully saturated rings. The maximum Gasteiger partial charge on any atom is 0.254 e. The first kappa shape index (κ1) is 18.8. The van der Waals surface area contributed by atoms with Crippen molar-refractivity contribution in [3.05, 3.63) is 11.8 Å². The van der Waals surface area contributed by atoms with Gasteiger partial charge in [0.1, 0.15) is 5.82 Å². The van der Waals surface area contributed by atoms with Gasteiger partial charge in [0.05, 0.1) is 23.8 Å². The maximum absolute atomic E-state index is 11.8. The van der Waals surface area contributed by atoms with Crippen LogP contribution in [0.25, 0.3) is 0 Å². The predicted octanol–water partition coefficient (Wildman–Crippen LogP) is 1.66. The van der Waals surface area contributed by atoms with Gasteiger partial charge < -0.3 is 26.2 Å². The van der Waals surface area contributed by atoms with Gasteiger partial charge in [0.2, 0.25) is 5.95 Å². The van der Waals surface area contributed by atoms with Crippen LogP contribution in [0.1, 0.15) is 61.7 Å². The van der Waals surface area contributed by atoms with Crippen LogP contribution in [0.2, 0.25) is 0 Å². The SMILES string of the molecule is COC1CCC(Nc2ncc(C(N)=O)c(NC3(CO)CCCC3)n2)CC1. The molecule has 0 aromatic carbocycles. The molecule has 1 aromatic rings. The van der Waals surface area contributed by atoms with E-state index >= 15 is 0 Å². The molecular weight excluding hydrogens is 334 g/mol. The third-order valence-corrected chi connectivity index (χ3v) is 5.64. The lowest BCUT2D eigenvalue weighted by Gasteiger charge is -2.30. The number of ether oxygens (including phenoxy) is 1. The Hall–Kier alpha value is -1.93. The minimum Gasteiger partial charge on any atom is -0.394 e. The topological polar surface area (TPSA) is 122 Å². The fourth-order valence-corrected chi connectivity index (χ4v) is 3.98. The van der Waals surface area contributed by atoms with E-state index < -0.39 is 11.4 Å². The van der Waals surface area contributed by atoms with Gasteiger partial charge in [-0.3, -0.25) is 4.79 Å². The number of nitrogens with two attached hydrogens (primary N) is 1. The van der Waals surface area contributed by atoms with Crippen molar-refractivity contribution in [3.8, 4) is 0 Å². The Morgan fingerprint density at radius 2 is 2.04 bits per heavy atom. The van der Waals surface area contributed by atoms with Gasteiger partial charge in [0, 0.05) is 19.3 Å². The summed E-state index contributed by atoms with van der Waals surface area (Å²) >= 11 is 0. The fraction of sp³-hybridized carbons (Fsp3) is 0.722. The fourth-order valence-electron chi connectivity index (χ4n) is 3.98. The summed E-state index contributed by atoms with van der Waals surface area (Å²) in [4.78, 5) is 20.5. The first-order valence-corrected chi connectivity index (χ1v) is 9.40. The molecule has 2 saturated carbocycles. The van der Waals surface area contributed by atoms with Gasteiger partial charge in [-0.25, -0.2) is 4.98 Å². The summed E-state index contributed by atoms with van der Waals surface area (Å²) in [5.41, 5.74) is 5.29. The van der Waals surface area contributed by atoms with E-state index in [-0.39, 0.29) is 18.2 Å². The first-order chi connectivity index (χ1) is 12.5. The largest absolute Gasteiger partial charge is 0.394 e. The van der Waals surface area contributed by atoms with Crippen LogP contribution in [0.4, 0.5) is 11.8 Å². The van der Waals surface area contributed by atoms with Gasteiger partial charge in [-0.15, -0.1) is 0 Å². The molecule has 0 radical (unpaired) electrons. The number of aliphatic hydroxyl groups is 1. The molecule has 26 heavy (non-hydrogen) atoms. The number of carbonyl (C=O) groups is 1. The Morgan fingerprint density at radius 1 is 1.35 bits per heavy atom. The lowest BCUT2D eigenvalue weighted by molar-refractivity contribution is 0.0681. The van der Waals surface area contributed by atoms with Crippen LogP contribution in [0.3, 0.4) is 0 Å². The Bertz CT molecular complexity index is 625. The molecule has 2 aliphatic carbocycles. The zero-order valence-electron chi connectivity index (χ0n) is 15.3. The van der Waals surface area contributed by atoms with Crippen molar-refractivity contribution in [2.45, 2.75) is 69.1 Å². The second-order valence-corrected chi connectivity index (χ2v) is 7.44. The van der Waals surface area contributed by atoms with Crippen molar-refractivity contribution in [2.75, 3.05) is 24.4 Å². The van der Waals surface area contributed by atoms with Crippen molar-refractivity contribution in [2.24, 2.45) is 5.73 Å². The smallest absolute Gasteiger partial charge is 0.254 e. The number of nitrogens with zero attached hydrogens (tertiary/aromatic N) is 2. The zero-order valence-corrected chi connectivity index (χ0v) is 15.3. The van der Waals surface area contributed by atoms with E-state index in [1.165, 1.54) is 6.20 Å². The minimum atomic E-state index is -0.578. The average molecular weight is 363 g/mol. The van der Waals surface area contributed by atoms with Gasteiger partial charge in [-0.2, -0.15) is 4.98 Å². The summed E-state index contributed by atoms with van der Waals surface area (Å²) < 4.78 is 5.40. The Labute approximate surface area is 153 Å². The lowest BCUT2D eigenvalue weighted by Crippen LogP contribution is -2.40. The third kappa shape index (κ3) is 4.24. The molecule has 144 valence electrons. The number of methoxy groups -OCH3 is 1. The number of hydrogen-bond acceptors (Lipinski definition) is 7. The van der Waals surface area contributed by atoms with Crippen molar-refractivity contribution >= 4 is 17.7 Å². The van der Waals surface area contributed by atoms with Crippen LogP contribution in [0.5, 0.6) is 0 Å². The lowest BCUT2D eigenvalue weighted by atomic mass is 9.93. The summed E-state index contributed by atoms with van der Waals surface area (Å²) in [7, 11) is 1.75.